The Hall–Kier alpha value is -2.69. The maximum atomic E-state index is 5.95. The third-order valence-electron chi connectivity index (χ3n) is 4.63. The van der Waals surface area contributed by atoms with E-state index in [1.165, 1.54) is 5.69 Å². The number of nitrogens with two attached hydrogens (primary N) is 1. The Balaban J connectivity index is 1.75. The fourth-order valence-electron chi connectivity index (χ4n) is 3.26. The summed E-state index contributed by atoms with van der Waals surface area (Å²) in [4.78, 5) is 16.0. The summed E-state index contributed by atoms with van der Waals surface area (Å²) in [6.07, 6.45) is 2.89. The molecular weight excluding hydrogens is 298 g/mol. The molecule has 24 heavy (non-hydrogen) atoms. The van der Waals surface area contributed by atoms with E-state index in [0.717, 1.165) is 40.2 Å². The molecule has 0 radical (unpaired) electrons. The predicted octanol–water partition coefficient (Wildman–Crippen LogP) is 3.25. The first-order valence-corrected chi connectivity index (χ1v) is 8.20. The molecule has 0 aliphatic heterocycles. The smallest absolute Gasteiger partial charge is 0.132 e. The van der Waals surface area contributed by atoms with E-state index in [-0.39, 0.29) is 0 Å². The fraction of sp³-hybridized carbons (Fsp3) is 0.316. The van der Waals surface area contributed by atoms with Crippen molar-refractivity contribution in [3.63, 3.8) is 0 Å². The summed E-state index contributed by atoms with van der Waals surface area (Å²) in [6, 6.07) is 10.1. The van der Waals surface area contributed by atoms with E-state index in [0.29, 0.717) is 11.8 Å². The van der Waals surface area contributed by atoms with Gasteiger partial charge in [-0.05, 0) is 43.7 Å². The minimum Gasteiger partial charge on any atom is -0.399 e. The fourth-order valence-corrected chi connectivity index (χ4v) is 3.26. The minimum absolute atomic E-state index is 0.367. The molecule has 5 heteroatoms. The number of nitrogen functional groups attached to an aromatic ring is 1. The molecule has 1 aliphatic carbocycles. The zero-order valence-corrected chi connectivity index (χ0v) is 14.2. The maximum Gasteiger partial charge on any atom is 0.132 e. The highest BCUT2D eigenvalue weighted by Gasteiger charge is 2.43. The molecule has 2 N–H and O–H groups in total. The largest absolute Gasteiger partial charge is 0.399 e. The molecule has 2 aromatic heterocycles. The number of hydrogen-bond acceptors (Lipinski definition) is 5. The van der Waals surface area contributed by atoms with Crippen LogP contribution in [0.3, 0.4) is 0 Å². The van der Waals surface area contributed by atoms with E-state index < -0.39 is 0 Å². The van der Waals surface area contributed by atoms with Crippen LogP contribution in [0.1, 0.15) is 35.5 Å². The Morgan fingerprint density at radius 2 is 1.92 bits per heavy atom. The van der Waals surface area contributed by atoms with Crippen LogP contribution in [-0.4, -0.2) is 29.0 Å². The van der Waals surface area contributed by atoms with Crippen molar-refractivity contribution in [2.45, 2.75) is 25.2 Å². The van der Waals surface area contributed by atoms with Crippen LogP contribution in [0.2, 0.25) is 0 Å². The van der Waals surface area contributed by atoms with Crippen LogP contribution < -0.4 is 10.6 Å². The van der Waals surface area contributed by atoms with Crippen molar-refractivity contribution in [3.8, 4) is 0 Å². The molecule has 1 aliphatic rings. The van der Waals surface area contributed by atoms with Crippen molar-refractivity contribution in [1.29, 1.82) is 0 Å². The van der Waals surface area contributed by atoms with Crippen molar-refractivity contribution < 1.29 is 0 Å². The second-order valence-corrected chi connectivity index (χ2v) is 6.74. The van der Waals surface area contributed by atoms with E-state index in [1.54, 1.807) is 0 Å². The molecule has 2 heterocycles. The van der Waals surface area contributed by atoms with Gasteiger partial charge < -0.3 is 10.6 Å². The number of rotatable bonds is 3. The van der Waals surface area contributed by atoms with Crippen molar-refractivity contribution >= 4 is 22.3 Å². The third kappa shape index (κ3) is 2.56. The first kappa shape index (κ1) is 14.9. The number of nitrogens with zero attached hydrogens (tertiary/aromatic N) is 4. The Kier molecular flexibility index (Phi) is 3.37. The van der Waals surface area contributed by atoms with E-state index in [2.05, 4.69) is 35.0 Å². The van der Waals surface area contributed by atoms with Gasteiger partial charge in [0.25, 0.3) is 0 Å². The zero-order valence-electron chi connectivity index (χ0n) is 14.2. The van der Waals surface area contributed by atoms with Crippen LogP contribution in [0.15, 0.2) is 36.5 Å². The molecule has 0 unspecified atom stereocenters. The number of anilines is 2. The number of fused-ring (bicyclic) bond motifs is 1. The molecule has 0 spiro atoms. The summed E-state index contributed by atoms with van der Waals surface area (Å²) in [5.74, 6) is 1.68. The van der Waals surface area contributed by atoms with Crippen LogP contribution >= 0.6 is 0 Å². The van der Waals surface area contributed by atoms with Gasteiger partial charge in [-0.2, -0.15) is 0 Å². The van der Waals surface area contributed by atoms with Crippen LogP contribution in [0.4, 0.5) is 11.4 Å². The van der Waals surface area contributed by atoms with Gasteiger partial charge in [0.2, 0.25) is 0 Å². The van der Waals surface area contributed by atoms with Gasteiger partial charge in [0.1, 0.15) is 5.82 Å². The Morgan fingerprint density at radius 3 is 2.67 bits per heavy atom. The number of aromatic nitrogens is 3. The SMILES string of the molecule is Cc1ccnc([C@H]2C[C@@H]2c2cc(N(C)C)c3ccc(N)cc3n2)n1. The second-order valence-electron chi connectivity index (χ2n) is 6.74. The van der Waals surface area contributed by atoms with Gasteiger partial charge in [0.05, 0.1) is 5.52 Å². The van der Waals surface area contributed by atoms with Gasteiger partial charge in [-0.1, -0.05) is 0 Å². The topological polar surface area (TPSA) is 67.9 Å². The van der Waals surface area contributed by atoms with E-state index in [9.17, 15) is 0 Å². The normalized spacial score (nSPS) is 19.5. The third-order valence-corrected chi connectivity index (χ3v) is 4.63. The summed E-state index contributed by atoms with van der Waals surface area (Å²) in [6.45, 7) is 2.00. The van der Waals surface area contributed by atoms with Gasteiger partial charge in [0.15, 0.2) is 0 Å². The van der Waals surface area contributed by atoms with Crippen LogP contribution in [-0.2, 0) is 0 Å². The molecule has 3 aromatic rings. The summed E-state index contributed by atoms with van der Waals surface area (Å²) in [5, 5.41) is 1.13. The molecule has 0 bridgehead atoms. The quantitative estimate of drug-likeness (QED) is 0.751. The lowest BCUT2D eigenvalue weighted by Crippen LogP contribution is -2.10. The monoisotopic (exact) mass is 319 g/mol. The summed E-state index contributed by atoms with van der Waals surface area (Å²) >= 11 is 0. The molecule has 0 saturated heterocycles. The Morgan fingerprint density at radius 1 is 1.08 bits per heavy atom. The van der Waals surface area contributed by atoms with Crippen molar-refractivity contribution in [3.05, 3.63) is 53.7 Å². The summed E-state index contributed by atoms with van der Waals surface area (Å²) < 4.78 is 0. The van der Waals surface area contributed by atoms with Crippen molar-refractivity contribution in [2.24, 2.45) is 0 Å². The lowest BCUT2D eigenvalue weighted by atomic mass is 10.1. The molecule has 1 saturated carbocycles. The molecule has 0 amide bonds. The lowest BCUT2D eigenvalue weighted by molar-refractivity contribution is 0.867. The van der Waals surface area contributed by atoms with Crippen LogP contribution in [0.5, 0.6) is 0 Å². The van der Waals surface area contributed by atoms with Crippen LogP contribution in [0.25, 0.3) is 10.9 Å². The van der Waals surface area contributed by atoms with Gasteiger partial charge >= 0.3 is 0 Å². The number of benzene rings is 1. The Labute approximate surface area is 141 Å². The highest BCUT2D eigenvalue weighted by atomic mass is 15.1. The zero-order chi connectivity index (χ0) is 16.8. The molecule has 2 atom stereocenters. The molecular formula is C19H21N5. The molecule has 5 nitrogen and oxygen atoms in total. The van der Waals surface area contributed by atoms with Crippen molar-refractivity contribution in [1.82, 2.24) is 15.0 Å². The van der Waals surface area contributed by atoms with E-state index >= 15 is 0 Å². The summed E-state index contributed by atoms with van der Waals surface area (Å²) in [5.41, 5.74) is 10.9. The molecule has 122 valence electrons. The number of pyridine rings is 1. The average Bonchev–Trinajstić information content (AvgIpc) is 3.34. The van der Waals surface area contributed by atoms with E-state index in [4.69, 9.17) is 10.7 Å². The average molecular weight is 319 g/mol. The minimum atomic E-state index is 0.367. The Bertz CT molecular complexity index is 919. The summed E-state index contributed by atoms with van der Waals surface area (Å²) in [7, 11) is 4.12. The highest BCUT2D eigenvalue weighted by molar-refractivity contribution is 5.93. The van der Waals surface area contributed by atoms with Crippen LogP contribution in [0, 0.1) is 6.92 Å². The first-order chi connectivity index (χ1) is 11.5. The first-order valence-electron chi connectivity index (χ1n) is 8.20. The number of hydrogen-bond donors (Lipinski definition) is 1. The predicted molar refractivity (Wildman–Crippen MR) is 97.4 cm³/mol. The van der Waals surface area contributed by atoms with Gasteiger partial charge in [-0.15, -0.1) is 0 Å². The van der Waals surface area contributed by atoms with Crippen molar-refractivity contribution in [2.75, 3.05) is 24.7 Å². The molecule has 4 rings (SSSR count). The molecule has 1 aromatic carbocycles. The maximum absolute atomic E-state index is 5.95. The highest BCUT2D eigenvalue weighted by Crippen LogP contribution is 2.53. The van der Waals surface area contributed by atoms with Gasteiger partial charge in [-0.25, -0.2) is 9.97 Å². The van der Waals surface area contributed by atoms with Gasteiger partial charge in [-0.3, -0.25) is 4.98 Å². The lowest BCUT2D eigenvalue weighted by Gasteiger charge is -2.17. The number of aryl methyl sites for hydroxylation is 1. The second kappa shape index (κ2) is 5.44. The molecule has 1 fully saturated rings. The standard InChI is InChI=1S/C19H21N5/c1-11-6-7-21-19(22-11)15-9-14(15)17-10-18(24(2)3)13-5-4-12(20)8-16(13)23-17/h4-8,10,14-15H,9,20H2,1-3H3/t14-,15-/m0/s1. The van der Waals surface area contributed by atoms with E-state index in [1.807, 2.05) is 37.4 Å². The van der Waals surface area contributed by atoms with Gasteiger partial charge in [0, 0.05) is 60.3 Å².